The third kappa shape index (κ3) is 3.74. The maximum Gasteiger partial charge on any atom is 0.401 e. The van der Waals surface area contributed by atoms with Crippen LogP contribution < -0.4 is 0 Å². The maximum absolute atomic E-state index is 12.2. The highest BCUT2D eigenvalue weighted by atomic mass is 79.9. The lowest BCUT2D eigenvalue weighted by Gasteiger charge is -2.37. The van der Waals surface area contributed by atoms with Crippen LogP contribution in [0.5, 0.6) is 0 Å². The minimum Gasteiger partial charge on any atom is -0.374 e. The highest BCUT2D eigenvalue weighted by Crippen LogP contribution is 2.21. The molecule has 1 fully saturated rings. The average molecular weight is 276 g/mol. The van der Waals surface area contributed by atoms with Gasteiger partial charge in [-0.3, -0.25) is 4.90 Å². The first-order valence-electron chi connectivity index (χ1n) is 4.40. The number of ether oxygens (including phenoxy) is 1. The molecule has 0 bridgehead atoms. The summed E-state index contributed by atoms with van der Waals surface area (Å²) in [7, 11) is 0. The van der Waals surface area contributed by atoms with Gasteiger partial charge in [0, 0.05) is 17.9 Å². The van der Waals surface area contributed by atoms with E-state index in [2.05, 4.69) is 15.9 Å². The molecule has 2 nitrogen and oxygen atoms in total. The summed E-state index contributed by atoms with van der Waals surface area (Å²) in [6.45, 7) is 1.61. The van der Waals surface area contributed by atoms with E-state index in [-0.39, 0.29) is 12.1 Å². The van der Waals surface area contributed by atoms with Crippen molar-refractivity contribution in [2.75, 3.05) is 25.0 Å². The number of rotatable bonds is 2. The van der Waals surface area contributed by atoms with E-state index in [1.807, 2.05) is 0 Å². The van der Waals surface area contributed by atoms with Gasteiger partial charge in [-0.05, 0) is 6.92 Å². The minimum atomic E-state index is -4.12. The Morgan fingerprint density at radius 2 is 2.14 bits per heavy atom. The summed E-state index contributed by atoms with van der Waals surface area (Å²) in [4.78, 5) is 1.41. The number of nitrogens with zero attached hydrogens (tertiary/aromatic N) is 1. The van der Waals surface area contributed by atoms with Crippen LogP contribution >= 0.6 is 15.9 Å². The third-order valence-electron chi connectivity index (χ3n) is 2.19. The number of alkyl halides is 4. The van der Waals surface area contributed by atoms with E-state index in [0.29, 0.717) is 18.5 Å². The summed E-state index contributed by atoms with van der Waals surface area (Å²) in [5.74, 6) is 0. The molecule has 0 aromatic heterocycles. The Morgan fingerprint density at radius 3 is 2.64 bits per heavy atom. The van der Waals surface area contributed by atoms with Gasteiger partial charge in [0.05, 0.1) is 19.3 Å². The molecule has 1 aliphatic heterocycles. The van der Waals surface area contributed by atoms with E-state index in [0.717, 1.165) is 0 Å². The van der Waals surface area contributed by atoms with Crippen molar-refractivity contribution in [2.24, 2.45) is 0 Å². The summed E-state index contributed by atoms with van der Waals surface area (Å²) in [6.07, 6.45) is -4.25. The normalized spacial score (nSPS) is 30.6. The molecular formula is C8H13BrF3NO. The van der Waals surface area contributed by atoms with Crippen molar-refractivity contribution in [1.82, 2.24) is 4.90 Å². The molecule has 0 N–H and O–H groups in total. The molecule has 14 heavy (non-hydrogen) atoms. The predicted molar refractivity (Wildman–Crippen MR) is 50.6 cm³/mol. The standard InChI is InChI=1S/C8H13BrF3NO/c1-6-4-14-7(2-9)3-13(6)5-8(10,11)12/h6-7H,2-5H2,1H3. The fraction of sp³-hybridized carbons (Fsp3) is 1.00. The zero-order chi connectivity index (χ0) is 10.8. The van der Waals surface area contributed by atoms with Crippen LogP contribution in [0.3, 0.4) is 0 Å². The summed E-state index contributed by atoms with van der Waals surface area (Å²) in [5, 5.41) is 0.577. The summed E-state index contributed by atoms with van der Waals surface area (Å²) in [5.41, 5.74) is 0. The van der Waals surface area contributed by atoms with Crippen molar-refractivity contribution in [3.8, 4) is 0 Å². The van der Waals surface area contributed by atoms with Crippen molar-refractivity contribution in [2.45, 2.75) is 25.2 Å². The molecular weight excluding hydrogens is 263 g/mol. The Kier molecular flexibility index (Phi) is 4.21. The number of hydrogen-bond donors (Lipinski definition) is 0. The van der Waals surface area contributed by atoms with Gasteiger partial charge >= 0.3 is 6.18 Å². The van der Waals surface area contributed by atoms with Gasteiger partial charge in [-0.1, -0.05) is 15.9 Å². The minimum absolute atomic E-state index is 0.131. The smallest absolute Gasteiger partial charge is 0.374 e. The second kappa shape index (κ2) is 4.81. The first-order valence-corrected chi connectivity index (χ1v) is 5.53. The molecule has 84 valence electrons. The Balaban J connectivity index is 2.48. The van der Waals surface area contributed by atoms with Crippen LogP contribution in [0.1, 0.15) is 6.92 Å². The van der Waals surface area contributed by atoms with Gasteiger partial charge in [-0.2, -0.15) is 13.2 Å². The van der Waals surface area contributed by atoms with Crippen molar-refractivity contribution in [3.05, 3.63) is 0 Å². The number of hydrogen-bond acceptors (Lipinski definition) is 2. The van der Waals surface area contributed by atoms with Gasteiger partial charge < -0.3 is 4.74 Å². The first kappa shape index (κ1) is 12.3. The quantitative estimate of drug-likeness (QED) is 0.716. The fourth-order valence-electron chi connectivity index (χ4n) is 1.42. The summed E-state index contributed by atoms with van der Waals surface area (Å²) >= 11 is 3.21. The first-order chi connectivity index (χ1) is 6.42. The molecule has 1 aliphatic rings. The van der Waals surface area contributed by atoms with Crippen LogP contribution in [0.2, 0.25) is 0 Å². The molecule has 0 amide bonds. The summed E-state index contributed by atoms with van der Waals surface area (Å²) in [6, 6.07) is -0.160. The van der Waals surface area contributed by atoms with Crippen LogP contribution in [0, 0.1) is 0 Å². The predicted octanol–water partition coefficient (Wildman–Crippen LogP) is 2.03. The molecule has 0 aliphatic carbocycles. The van der Waals surface area contributed by atoms with Gasteiger partial charge in [-0.25, -0.2) is 0 Å². The molecule has 0 saturated carbocycles. The van der Waals surface area contributed by atoms with E-state index in [1.165, 1.54) is 4.90 Å². The van der Waals surface area contributed by atoms with Gasteiger partial charge in [0.25, 0.3) is 0 Å². The monoisotopic (exact) mass is 275 g/mol. The lowest BCUT2D eigenvalue weighted by Crippen LogP contribution is -2.51. The molecule has 0 aromatic carbocycles. The third-order valence-corrected chi connectivity index (χ3v) is 2.91. The van der Waals surface area contributed by atoms with Crippen molar-refractivity contribution >= 4 is 15.9 Å². The second-order valence-electron chi connectivity index (χ2n) is 3.50. The van der Waals surface area contributed by atoms with Crippen LogP contribution in [0.15, 0.2) is 0 Å². The molecule has 0 aromatic rings. The zero-order valence-corrected chi connectivity index (χ0v) is 9.44. The topological polar surface area (TPSA) is 12.5 Å². The van der Waals surface area contributed by atoms with Crippen molar-refractivity contribution in [1.29, 1.82) is 0 Å². The highest BCUT2D eigenvalue weighted by molar-refractivity contribution is 9.09. The lowest BCUT2D eigenvalue weighted by atomic mass is 10.2. The van der Waals surface area contributed by atoms with Crippen molar-refractivity contribution in [3.63, 3.8) is 0 Å². The molecule has 1 rings (SSSR count). The number of halogens is 4. The maximum atomic E-state index is 12.2. The van der Waals surface area contributed by atoms with Crippen LogP contribution in [0.4, 0.5) is 13.2 Å². The Morgan fingerprint density at radius 1 is 1.50 bits per heavy atom. The van der Waals surface area contributed by atoms with Crippen LogP contribution in [-0.2, 0) is 4.74 Å². The summed E-state index contributed by atoms with van der Waals surface area (Å²) < 4.78 is 41.8. The van der Waals surface area contributed by atoms with Crippen LogP contribution in [-0.4, -0.2) is 48.2 Å². The molecule has 2 atom stereocenters. The Hall–Kier alpha value is 0.190. The fourth-order valence-corrected chi connectivity index (χ4v) is 1.81. The molecule has 0 spiro atoms. The van der Waals surface area contributed by atoms with E-state index in [9.17, 15) is 13.2 Å². The second-order valence-corrected chi connectivity index (χ2v) is 4.15. The molecule has 1 heterocycles. The largest absolute Gasteiger partial charge is 0.401 e. The van der Waals surface area contributed by atoms with Crippen LogP contribution in [0.25, 0.3) is 0 Å². The van der Waals surface area contributed by atoms with E-state index in [1.54, 1.807) is 6.92 Å². The molecule has 2 unspecified atom stereocenters. The zero-order valence-electron chi connectivity index (χ0n) is 7.85. The van der Waals surface area contributed by atoms with Gasteiger partial charge in [0.1, 0.15) is 0 Å². The Labute approximate surface area is 89.5 Å². The molecule has 0 radical (unpaired) electrons. The Bertz CT molecular complexity index is 188. The molecule has 6 heteroatoms. The molecule has 1 saturated heterocycles. The van der Waals surface area contributed by atoms with Gasteiger partial charge in [0.15, 0.2) is 0 Å². The van der Waals surface area contributed by atoms with Crippen molar-refractivity contribution < 1.29 is 17.9 Å². The van der Waals surface area contributed by atoms with E-state index in [4.69, 9.17) is 4.74 Å². The lowest BCUT2D eigenvalue weighted by molar-refractivity contribution is -0.166. The number of morpholine rings is 1. The van der Waals surface area contributed by atoms with Gasteiger partial charge in [-0.15, -0.1) is 0 Å². The average Bonchev–Trinajstić information content (AvgIpc) is 2.06. The highest BCUT2D eigenvalue weighted by Gasteiger charge is 2.35. The van der Waals surface area contributed by atoms with E-state index < -0.39 is 12.7 Å². The SMILES string of the molecule is CC1COC(CBr)CN1CC(F)(F)F. The van der Waals surface area contributed by atoms with Gasteiger partial charge in [0.2, 0.25) is 0 Å². The van der Waals surface area contributed by atoms with E-state index >= 15 is 0 Å².